The Kier molecular flexibility index (Phi) is 8.81. The van der Waals surface area contributed by atoms with Crippen LogP contribution in [0.1, 0.15) is 51.9 Å². The lowest BCUT2D eigenvalue weighted by atomic mass is 10.0. The molecular weight excluding hydrogens is 336 g/mol. The Bertz CT molecular complexity index is 677. The first kappa shape index (κ1) is 20.9. The molecule has 0 aliphatic carbocycles. The Morgan fingerprint density at radius 1 is 1.15 bits per heavy atom. The van der Waals surface area contributed by atoms with Crippen molar-refractivity contribution in [2.24, 2.45) is 10.9 Å². The summed E-state index contributed by atoms with van der Waals surface area (Å²) < 4.78 is 2.09. The largest absolute Gasteiger partial charge is 0.355 e. The molecule has 6 nitrogen and oxygen atoms in total. The lowest BCUT2D eigenvalue weighted by molar-refractivity contribution is 0.487. The Balaban J connectivity index is 1.93. The highest BCUT2D eigenvalue weighted by Crippen LogP contribution is 2.06. The van der Waals surface area contributed by atoms with Crippen molar-refractivity contribution in [2.75, 3.05) is 6.54 Å². The van der Waals surface area contributed by atoms with E-state index in [1.807, 2.05) is 6.07 Å². The third-order valence-electron chi connectivity index (χ3n) is 4.48. The number of hydrogen-bond acceptors (Lipinski definition) is 3. The molecule has 0 aliphatic rings. The van der Waals surface area contributed by atoms with E-state index in [1.165, 1.54) is 12.0 Å². The number of aryl methyl sites for hydroxylation is 1. The summed E-state index contributed by atoms with van der Waals surface area (Å²) in [6, 6.07) is 10.7. The van der Waals surface area contributed by atoms with Gasteiger partial charge in [0.2, 0.25) is 0 Å². The first-order valence-electron chi connectivity index (χ1n) is 10.0. The van der Waals surface area contributed by atoms with E-state index < -0.39 is 0 Å². The third-order valence-corrected chi connectivity index (χ3v) is 4.48. The first-order chi connectivity index (χ1) is 13.1. The van der Waals surface area contributed by atoms with Crippen molar-refractivity contribution in [2.45, 2.75) is 66.1 Å². The number of aromatic nitrogens is 3. The minimum absolute atomic E-state index is 0.385. The maximum Gasteiger partial charge on any atom is 0.191 e. The second-order valence-corrected chi connectivity index (χ2v) is 7.39. The Labute approximate surface area is 163 Å². The van der Waals surface area contributed by atoms with Gasteiger partial charge in [-0.15, -0.1) is 10.2 Å². The fraction of sp³-hybridized carbons (Fsp3) is 0.571. The van der Waals surface area contributed by atoms with Crippen molar-refractivity contribution in [3.63, 3.8) is 0 Å². The Hall–Kier alpha value is -2.37. The predicted octanol–water partition coefficient (Wildman–Crippen LogP) is 3.40. The van der Waals surface area contributed by atoms with Crippen LogP contribution in [0.25, 0.3) is 0 Å². The van der Waals surface area contributed by atoms with Gasteiger partial charge in [0.25, 0.3) is 0 Å². The number of nitrogens with one attached hydrogen (secondary N) is 2. The van der Waals surface area contributed by atoms with Crippen molar-refractivity contribution >= 4 is 5.96 Å². The van der Waals surface area contributed by atoms with E-state index in [9.17, 15) is 0 Å². The summed E-state index contributed by atoms with van der Waals surface area (Å²) in [6.07, 6.45) is 5.02. The molecule has 0 aliphatic heterocycles. The second kappa shape index (κ2) is 11.4. The Morgan fingerprint density at radius 3 is 2.63 bits per heavy atom. The van der Waals surface area contributed by atoms with Gasteiger partial charge in [0.05, 0.1) is 6.54 Å². The minimum atomic E-state index is 0.385. The van der Waals surface area contributed by atoms with Gasteiger partial charge >= 0.3 is 0 Å². The standard InChI is InChI=1S/C21H34N6/c1-5-20-26-24-16-27(20)14-13-22-21(25-18(4)12-11-17(2)3)23-15-19-9-7-6-8-10-19/h6-10,16-18H,5,11-15H2,1-4H3,(H2,22,23,25). The summed E-state index contributed by atoms with van der Waals surface area (Å²) in [5.41, 5.74) is 1.21. The molecule has 1 aromatic heterocycles. The van der Waals surface area contributed by atoms with Crippen LogP contribution in [0.5, 0.6) is 0 Å². The van der Waals surface area contributed by atoms with Gasteiger partial charge in [0.15, 0.2) is 5.96 Å². The van der Waals surface area contributed by atoms with Gasteiger partial charge in [-0.1, -0.05) is 51.1 Å². The average molecular weight is 371 g/mol. The zero-order valence-corrected chi connectivity index (χ0v) is 17.2. The van der Waals surface area contributed by atoms with E-state index in [0.717, 1.165) is 37.7 Å². The fourth-order valence-electron chi connectivity index (χ4n) is 2.83. The molecule has 0 saturated heterocycles. The first-order valence-corrected chi connectivity index (χ1v) is 10.0. The summed E-state index contributed by atoms with van der Waals surface area (Å²) >= 11 is 0. The fourth-order valence-corrected chi connectivity index (χ4v) is 2.83. The Morgan fingerprint density at radius 2 is 1.93 bits per heavy atom. The van der Waals surface area contributed by atoms with Crippen molar-refractivity contribution in [1.82, 2.24) is 25.4 Å². The molecule has 0 saturated carbocycles. The van der Waals surface area contributed by atoms with Crippen LogP contribution in [0.4, 0.5) is 0 Å². The zero-order valence-electron chi connectivity index (χ0n) is 17.2. The lowest BCUT2D eigenvalue weighted by Gasteiger charge is -2.19. The van der Waals surface area contributed by atoms with E-state index in [0.29, 0.717) is 18.5 Å². The number of guanidine groups is 1. The van der Waals surface area contributed by atoms with Crippen molar-refractivity contribution in [1.29, 1.82) is 0 Å². The molecule has 1 heterocycles. The van der Waals surface area contributed by atoms with Gasteiger partial charge in [-0.25, -0.2) is 4.99 Å². The van der Waals surface area contributed by atoms with Gasteiger partial charge < -0.3 is 15.2 Å². The van der Waals surface area contributed by atoms with Crippen LogP contribution in [0, 0.1) is 5.92 Å². The molecular formula is C21H34N6. The number of hydrogen-bond donors (Lipinski definition) is 2. The molecule has 2 aromatic rings. The van der Waals surface area contributed by atoms with Gasteiger partial charge in [-0.3, -0.25) is 0 Å². The van der Waals surface area contributed by atoms with Gasteiger partial charge in [-0.05, 0) is 31.2 Å². The van der Waals surface area contributed by atoms with Crippen molar-refractivity contribution in [3.8, 4) is 0 Å². The number of benzene rings is 1. The molecule has 0 spiro atoms. The van der Waals surface area contributed by atoms with Gasteiger partial charge in [-0.2, -0.15) is 0 Å². The number of nitrogens with zero attached hydrogens (tertiary/aromatic N) is 4. The van der Waals surface area contributed by atoms with Gasteiger partial charge in [0.1, 0.15) is 12.2 Å². The molecule has 1 atom stereocenters. The molecule has 0 bridgehead atoms. The van der Waals surface area contributed by atoms with Crippen LogP contribution in [0.3, 0.4) is 0 Å². The number of rotatable bonds is 10. The average Bonchev–Trinajstić information content (AvgIpc) is 3.12. The SMILES string of the molecule is CCc1nncn1CCNC(=NCc1ccccc1)NC(C)CCC(C)C. The van der Waals surface area contributed by atoms with E-state index >= 15 is 0 Å². The highest BCUT2D eigenvalue weighted by atomic mass is 15.3. The summed E-state index contributed by atoms with van der Waals surface area (Å²) in [5, 5.41) is 15.1. The van der Waals surface area contributed by atoms with E-state index in [4.69, 9.17) is 4.99 Å². The van der Waals surface area contributed by atoms with Crippen LogP contribution < -0.4 is 10.6 Å². The second-order valence-electron chi connectivity index (χ2n) is 7.39. The van der Waals surface area contributed by atoms with E-state index in [-0.39, 0.29) is 0 Å². The molecule has 0 radical (unpaired) electrons. The molecule has 0 amide bonds. The highest BCUT2D eigenvalue weighted by Gasteiger charge is 2.08. The van der Waals surface area contributed by atoms with Crippen LogP contribution in [-0.2, 0) is 19.5 Å². The molecule has 1 unspecified atom stereocenters. The maximum absolute atomic E-state index is 4.78. The van der Waals surface area contributed by atoms with Gasteiger partial charge in [0, 0.05) is 25.6 Å². The smallest absolute Gasteiger partial charge is 0.191 e. The quantitative estimate of drug-likeness (QED) is 0.497. The number of aliphatic imine (C=N–C) groups is 1. The molecule has 6 heteroatoms. The predicted molar refractivity (Wildman–Crippen MR) is 112 cm³/mol. The van der Waals surface area contributed by atoms with E-state index in [2.05, 4.69) is 77.4 Å². The monoisotopic (exact) mass is 370 g/mol. The molecule has 148 valence electrons. The zero-order chi connectivity index (χ0) is 19.5. The molecule has 0 fully saturated rings. The van der Waals surface area contributed by atoms with Crippen molar-refractivity contribution < 1.29 is 0 Å². The molecule has 27 heavy (non-hydrogen) atoms. The highest BCUT2D eigenvalue weighted by molar-refractivity contribution is 5.80. The summed E-state index contributed by atoms with van der Waals surface area (Å²) in [6.45, 7) is 11.1. The molecule has 2 rings (SSSR count). The molecule has 1 aromatic carbocycles. The van der Waals surface area contributed by atoms with Crippen LogP contribution >= 0.6 is 0 Å². The maximum atomic E-state index is 4.78. The topological polar surface area (TPSA) is 67.1 Å². The van der Waals surface area contributed by atoms with Crippen LogP contribution in [-0.4, -0.2) is 33.3 Å². The lowest BCUT2D eigenvalue weighted by Crippen LogP contribution is -2.43. The molecule has 2 N–H and O–H groups in total. The van der Waals surface area contributed by atoms with E-state index in [1.54, 1.807) is 6.33 Å². The third kappa shape index (κ3) is 7.81. The summed E-state index contributed by atoms with van der Waals surface area (Å²) in [7, 11) is 0. The van der Waals surface area contributed by atoms with Crippen molar-refractivity contribution in [3.05, 3.63) is 48.0 Å². The normalized spacial score (nSPS) is 13.0. The summed E-state index contributed by atoms with van der Waals surface area (Å²) in [5.74, 6) is 2.59. The minimum Gasteiger partial charge on any atom is -0.355 e. The summed E-state index contributed by atoms with van der Waals surface area (Å²) in [4.78, 5) is 4.78. The van der Waals surface area contributed by atoms with Crippen LogP contribution in [0.2, 0.25) is 0 Å². The van der Waals surface area contributed by atoms with Crippen LogP contribution in [0.15, 0.2) is 41.7 Å².